The highest BCUT2D eigenvalue weighted by Crippen LogP contribution is 2.27. The Labute approximate surface area is 108 Å². The standard InChI is InChI=1S/C13H25F3N2/c1-3-7-17-11-5-6-12(9-11)18(8-4-2)10-13(14,15)16/h11-12,17H,3-10H2,1-2H3. The number of hydrogen-bond donors (Lipinski definition) is 1. The average Bonchev–Trinajstić information content (AvgIpc) is 2.72. The highest BCUT2D eigenvalue weighted by Gasteiger charge is 2.36. The lowest BCUT2D eigenvalue weighted by atomic mass is 10.2. The summed E-state index contributed by atoms with van der Waals surface area (Å²) in [5.74, 6) is 0. The number of hydrogen-bond acceptors (Lipinski definition) is 2. The first kappa shape index (κ1) is 15.8. The molecule has 1 aliphatic carbocycles. The minimum Gasteiger partial charge on any atom is -0.314 e. The molecule has 1 rings (SSSR count). The molecule has 0 heterocycles. The average molecular weight is 266 g/mol. The molecule has 1 saturated carbocycles. The quantitative estimate of drug-likeness (QED) is 0.761. The molecule has 0 bridgehead atoms. The topological polar surface area (TPSA) is 15.3 Å². The van der Waals surface area contributed by atoms with Gasteiger partial charge in [0.05, 0.1) is 6.54 Å². The van der Waals surface area contributed by atoms with Crippen molar-refractivity contribution < 1.29 is 13.2 Å². The maximum Gasteiger partial charge on any atom is 0.401 e. The lowest BCUT2D eigenvalue weighted by Gasteiger charge is -2.29. The van der Waals surface area contributed by atoms with Crippen molar-refractivity contribution in [3.05, 3.63) is 0 Å². The molecule has 108 valence electrons. The van der Waals surface area contributed by atoms with Crippen LogP contribution in [0.5, 0.6) is 0 Å². The molecule has 0 spiro atoms. The van der Waals surface area contributed by atoms with Crippen molar-refractivity contribution in [2.75, 3.05) is 19.6 Å². The SMILES string of the molecule is CCCNC1CCC(N(CCC)CC(F)(F)F)C1. The molecule has 0 saturated heterocycles. The third-order valence-corrected chi connectivity index (χ3v) is 3.50. The molecule has 0 radical (unpaired) electrons. The van der Waals surface area contributed by atoms with E-state index in [1.54, 1.807) is 4.90 Å². The summed E-state index contributed by atoms with van der Waals surface area (Å²) in [7, 11) is 0. The Bertz CT molecular complexity index is 231. The first-order chi connectivity index (χ1) is 8.46. The predicted octanol–water partition coefficient (Wildman–Crippen LogP) is 3.18. The van der Waals surface area contributed by atoms with Crippen molar-refractivity contribution in [3.63, 3.8) is 0 Å². The summed E-state index contributed by atoms with van der Waals surface area (Å²) >= 11 is 0. The molecule has 0 aromatic carbocycles. The van der Waals surface area contributed by atoms with Crippen LogP contribution in [-0.2, 0) is 0 Å². The summed E-state index contributed by atoms with van der Waals surface area (Å²) in [6.45, 7) is 4.79. The predicted molar refractivity (Wildman–Crippen MR) is 67.6 cm³/mol. The zero-order valence-electron chi connectivity index (χ0n) is 11.4. The monoisotopic (exact) mass is 266 g/mol. The summed E-state index contributed by atoms with van der Waals surface area (Å²) in [6.07, 6.45) is 0.516. The molecule has 1 N–H and O–H groups in total. The summed E-state index contributed by atoms with van der Waals surface area (Å²) < 4.78 is 37.6. The summed E-state index contributed by atoms with van der Waals surface area (Å²) in [6, 6.07) is 0.503. The maximum absolute atomic E-state index is 12.5. The molecule has 5 heteroatoms. The third-order valence-electron chi connectivity index (χ3n) is 3.50. The largest absolute Gasteiger partial charge is 0.401 e. The van der Waals surface area contributed by atoms with Gasteiger partial charge >= 0.3 is 6.18 Å². The fourth-order valence-electron chi connectivity index (χ4n) is 2.73. The van der Waals surface area contributed by atoms with Crippen LogP contribution < -0.4 is 5.32 Å². The van der Waals surface area contributed by atoms with Crippen LogP contribution in [0, 0.1) is 0 Å². The van der Waals surface area contributed by atoms with Crippen LogP contribution >= 0.6 is 0 Å². The minimum absolute atomic E-state index is 0.0981. The Morgan fingerprint density at radius 2 is 1.89 bits per heavy atom. The van der Waals surface area contributed by atoms with Crippen LogP contribution in [0.2, 0.25) is 0 Å². The van der Waals surface area contributed by atoms with E-state index in [4.69, 9.17) is 0 Å². The van der Waals surface area contributed by atoms with Gasteiger partial charge in [-0.05, 0) is 45.2 Å². The van der Waals surface area contributed by atoms with E-state index in [0.29, 0.717) is 12.6 Å². The molecular formula is C13H25F3N2. The molecule has 0 aromatic heterocycles. The van der Waals surface area contributed by atoms with Crippen molar-refractivity contribution in [2.24, 2.45) is 0 Å². The Hall–Kier alpha value is -0.290. The van der Waals surface area contributed by atoms with Crippen LogP contribution in [0.3, 0.4) is 0 Å². The van der Waals surface area contributed by atoms with E-state index in [1.807, 2.05) is 6.92 Å². The van der Waals surface area contributed by atoms with Gasteiger partial charge in [0.2, 0.25) is 0 Å². The summed E-state index contributed by atoms with van der Waals surface area (Å²) in [5.41, 5.74) is 0. The van der Waals surface area contributed by atoms with E-state index in [1.165, 1.54) is 0 Å². The van der Waals surface area contributed by atoms with E-state index in [-0.39, 0.29) is 6.04 Å². The van der Waals surface area contributed by atoms with Crippen molar-refractivity contribution >= 4 is 0 Å². The zero-order valence-corrected chi connectivity index (χ0v) is 11.4. The smallest absolute Gasteiger partial charge is 0.314 e. The second kappa shape index (κ2) is 7.34. The van der Waals surface area contributed by atoms with E-state index in [9.17, 15) is 13.2 Å². The van der Waals surface area contributed by atoms with Gasteiger partial charge in [-0.25, -0.2) is 0 Å². The molecule has 18 heavy (non-hydrogen) atoms. The van der Waals surface area contributed by atoms with Crippen molar-refractivity contribution in [2.45, 2.75) is 64.2 Å². The highest BCUT2D eigenvalue weighted by molar-refractivity contribution is 4.87. The van der Waals surface area contributed by atoms with Gasteiger partial charge in [0, 0.05) is 12.1 Å². The van der Waals surface area contributed by atoms with E-state index in [2.05, 4.69) is 12.2 Å². The van der Waals surface area contributed by atoms with Gasteiger partial charge in [-0.1, -0.05) is 13.8 Å². The van der Waals surface area contributed by atoms with E-state index in [0.717, 1.165) is 38.6 Å². The molecule has 2 unspecified atom stereocenters. The molecule has 2 nitrogen and oxygen atoms in total. The highest BCUT2D eigenvalue weighted by atomic mass is 19.4. The lowest BCUT2D eigenvalue weighted by molar-refractivity contribution is -0.150. The van der Waals surface area contributed by atoms with Crippen LogP contribution in [0.15, 0.2) is 0 Å². The molecule has 0 aromatic rings. The zero-order chi connectivity index (χ0) is 13.6. The first-order valence-electron chi connectivity index (χ1n) is 7.00. The van der Waals surface area contributed by atoms with Gasteiger partial charge in [-0.2, -0.15) is 13.2 Å². The van der Waals surface area contributed by atoms with Crippen LogP contribution in [0.25, 0.3) is 0 Å². The van der Waals surface area contributed by atoms with E-state index < -0.39 is 12.7 Å². The van der Waals surface area contributed by atoms with Crippen molar-refractivity contribution in [3.8, 4) is 0 Å². The lowest BCUT2D eigenvalue weighted by Crippen LogP contribution is -2.42. The van der Waals surface area contributed by atoms with Gasteiger partial charge in [0.25, 0.3) is 0 Å². The van der Waals surface area contributed by atoms with Gasteiger partial charge in [-0.15, -0.1) is 0 Å². The Morgan fingerprint density at radius 3 is 2.44 bits per heavy atom. The number of halogens is 3. The second-order valence-electron chi connectivity index (χ2n) is 5.20. The molecule has 0 amide bonds. The van der Waals surface area contributed by atoms with E-state index >= 15 is 0 Å². The fourth-order valence-corrected chi connectivity index (χ4v) is 2.73. The molecule has 2 atom stereocenters. The first-order valence-corrected chi connectivity index (χ1v) is 7.00. The Kier molecular flexibility index (Phi) is 6.43. The Balaban J connectivity index is 2.44. The fraction of sp³-hybridized carbons (Fsp3) is 1.00. The number of nitrogens with one attached hydrogen (secondary N) is 1. The summed E-state index contributed by atoms with van der Waals surface area (Å²) in [4.78, 5) is 1.62. The van der Waals surface area contributed by atoms with Crippen LogP contribution in [-0.4, -0.2) is 42.8 Å². The van der Waals surface area contributed by atoms with Gasteiger partial charge in [-0.3, -0.25) is 4.90 Å². The molecule has 1 fully saturated rings. The normalized spacial score (nSPS) is 25.0. The number of nitrogens with zero attached hydrogens (tertiary/aromatic N) is 1. The minimum atomic E-state index is -4.08. The molecule has 0 aliphatic heterocycles. The number of rotatable bonds is 7. The third kappa shape index (κ3) is 5.57. The Morgan fingerprint density at radius 1 is 1.17 bits per heavy atom. The van der Waals surface area contributed by atoms with Crippen LogP contribution in [0.1, 0.15) is 46.0 Å². The van der Waals surface area contributed by atoms with Crippen LogP contribution in [0.4, 0.5) is 13.2 Å². The van der Waals surface area contributed by atoms with Crippen molar-refractivity contribution in [1.82, 2.24) is 10.2 Å². The van der Waals surface area contributed by atoms with Gasteiger partial charge in [0.15, 0.2) is 0 Å². The molecular weight excluding hydrogens is 241 g/mol. The van der Waals surface area contributed by atoms with Gasteiger partial charge in [0.1, 0.15) is 0 Å². The summed E-state index contributed by atoms with van der Waals surface area (Å²) in [5, 5.41) is 3.41. The number of alkyl halides is 3. The maximum atomic E-state index is 12.5. The van der Waals surface area contributed by atoms with Gasteiger partial charge < -0.3 is 5.32 Å². The van der Waals surface area contributed by atoms with Crippen molar-refractivity contribution in [1.29, 1.82) is 0 Å². The molecule has 1 aliphatic rings. The second-order valence-corrected chi connectivity index (χ2v) is 5.20.